The molecule has 2 aromatic rings. The molecule has 1 aromatic carbocycles. The second-order valence-electron chi connectivity index (χ2n) is 5.69. The van der Waals surface area contributed by atoms with E-state index < -0.39 is 0 Å². The lowest BCUT2D eigenvalue weighted by molar-refractivity contribution is -0.120. The van der Waals surface area contributed by atoms with Crippen molar-refractivity contribution in [2.45, 2.75) is 50.1 Å². The number of rotatable bonds is 5. The van der Waals surface area contributed by atoms with E-state index in [0.29, 0.717) is 6.04 Å². The number of aryl methyl sites for hydroxylation is 2. The number of nitrogens with one attached hydrogen (secondary N) is 1. The van der Waals surface area contributed by atoms with Crippen LogP contribution in [0.2, 0.25) is 0 Å². The minimum Gasteiger partial charge on any atom is -0.352 e. The number of benzene rings is 1. The fraction of sp³-hybridized carbons (Fsp3) is 0.438. The molecule has 0 aliphatic heterocycles. The van der Waals surface area contributed by atoms with Crippen LogP contribution < -0.4 is 5.32 Å². The lowest BCUT2D eigenvalue weighted by Gasteiger charge is -2.14. The number of carbonyl (C=O) groups excluding carboxylic acids is 1. The van der Waals surface area contributed by atoms with Gasteiger partial charge in [0.25, 0.3) is 0 Å². The van der Waals surface area contributed by atoms with Crippen molar-refractivity contribution in [2.75, 3.05) is 0 Å². The molecule has 1 amide bonds. The Kier molecular flexibility index (Phi) is 4.20. The van der Waals surface area contributed by atoms with E-state index in [2.05, 4.69) is 28.5 Å². The summed E-state index contributed by atoms with van der Waals surface area (Å²) in [6.07, 6.45) is 2.20. The zero-order valence-corrected chi connectivity index (χ0v) is 13.9. The largest absolute Gasteiger partial charge is 0.352 e. The summed E-state index contributed by atoms with van der Waals surface area (Å²) in [4.78, 5) is 12.1. The predicted molar refractivity (Wildman–Crippen MR) is 87.3 cm³/mol. The molecule has 1 aliphatic carbocycles. The Bertz CT molecular complexity index is 693. The van der Waals surface area contributed by atoms with Gasteiger partial charge < -0.3 is 5.32 Å². The van der Waals surface area contributed by atoms with Gasteiger partial charge in [0.2, 0.25) is 5.91 Å². The number of carbonyl (C=O) groups is 1. The third kappa shape index (κ3) is 3.16. The predicted octanol–water partition coefficient (Wildman–Crippen LogP) is 2.64. The maximum atomic E-state index is 12.1. The molecule has 1 saturated carbocycles. The summed E-state index contributed by atoms with van der Waals surface area (Å²) in [6.45, 7) is 5.90. The molecule has 1 N–H and O–H groups in total. The summed E-state index contributed by atoms with van der Waals surface area (Å²) < 4.78 is 2.01. The molecule has 1 aromatic heterocycles. The van der Waals surface area contributed by atoms with Crippen LogP contribution in [-0.4, -0.2) is 32.0 Å². The van der Waals surface area contributed by atoms with Crippen molar-refractivity contribution in [2.24, 2.45) is 0 Å². The summed E-state index contributed by atoms with van der Waals surface area (Å²) >= 11 is 1.45. The average molecular weight is 316 g/mol. The van der Waals surface area contributed by atoms with Crippen molar-refractivity contribution in [1.82, 2.24) is 20.1 Å². The number of hydrogen-bond acceptors (Lipinski definition) is 4. The van der Waals surface area contributed by atoms with Gasteiger partial charge in [-0.2, -0.15) is 0 Å². The molecule has 1 heterocycles. The Morgan fingerprint density at radius 3 is 2.73 bits per heavy atom. The zero-order chi connectivity index (χ0) is 15.7. The number of para-hydroxylation sites is 1. The van der Waals surface area contributed by atoms with Gasteiger partial charge in [-0.25, -0.2) is 0 Å². The van der Waals surface area contributed by atoms with E-state index >= 15 is 0 Å². The van der Waals surface area contributed by atoms with Crippen LogP contribution in [-0.2, 0) is 4.79 Å². The smallest absolute Gasteiger partial charge is 0.233 e. The number of hydrogen-bond donors (Lipinski definition) is 1. The molecule has 1 atom stereocenters. The van der Waals surface area contributed by atoms with E-state index in [9.17, 15) is 4.79 Å². The van der Waals surface area contributed by atoms with Gasteiger partial charge in [0.15, 0.2) is 5.16 Å². The SMILES string of the molecule is Cc1ccccc1-n1c(C)nnc1S[C@H](C)C(=O)NC1CC1. The highest BCUT2D eigenvalue weighted by Crippen LogP contribution is 2.28. The molecule has 0 unspecified atom stereocenters. The molecule has 5 nitrogen and oxygen atoms in total. The van der Waals surface area contributed by atoms with Crippen LogP contribution in [0.1, 0.15) is 31.2 Å². The normalized spacial score (nSPS) is 15.6. The maximum absolute atomic E-state index is 12.1. The number of nitrogens with zero attached hydrogens (tertiary/aromatic N) is 3. The van der Waals surface area contributed by atoms with Gasteiger partial charge in [-0.05, 0) is 45.2 Å². The van der Waals surface area contributed by atoms with Crippen LogP contribution >= 0.6 is 11.8 Å². The molecule has 6 heteroatoms. The van der Waals surface area contributed by atoms with Gasteiger partial charge in [0.1, 0.15) is 5.82 Å². The van der Waals surface area contributed by atoms with E-state index in [1.165, 1.54) is 11.8 Å². The number of amides is 1. The first-order valence-corrected chi connectivity index (χ1v) is 8.39. The molecular weight excluding hydrogens is 296 g/mol. The number of thioether (sulfide) groups is 1. The number of aromatic nitrogens is 3. The minimum absolute atomic E-state index is 0.0736. The third-order valence-electron chi connectivity index (χ3n) is 3.73. The average Bonchev–Trinajstić information content (AvgIpc) is 3.23. The molecular formula is C16H20N4OS. The van der Waals surface area contributed by atoms with Crippen molar-refractivity contribution in [3.8, 4) is 5.69 Å². The monoisotopic (exact) mass is 316 g/mol. The molecule has 0 spiro atoms. The first-order valence-electron chi connectivity index (χ1n) is 7.51. The Morgan fingerprint density at radius 2 is 2.05 bits per heavy atom. The van der Waals surface area contributed by atoms with E-state index in [1.807, 2.05) is 36.6 Å². The van der Waals surface area contributed by atoms with Gasteiger partial charge in [-0.1, -0.05) is 30.0 Å². The third-order valence-corrected chi connectivity index (χ3v) is 4.77. The fourth-order valence-electron chi connectivity index (χ4n) is 2.27. The van der Waals surface area contributed by atoms with Crippen LogP contribution in [0.25, 0.3) is 5.69 Å². The highest BCUT2D eigenvalue weighted by atomic mass is 32.2. The maximum Gasteiger partial charge on any atom is 0.233 e. The van der Waals surface area contributed by atoms with Crippen molar-refractivity contribution < 1.29 is 4.79 Å². The summed E-state index contributed by atoms with van der Waals surface area (Å²) in [6, 6.07) is 8.50. The minimum atomic E-state index is -0.188. The first kappa shape index (κ1) is 15.1. The Morgan fingerprint density at radius 1 is 1.32 bits per heavy atom. The zero-order valence-electron chi connectivity index (χ0n) is 13.0. The quantitative estimate of drug-likeness (QED) is 0.862. The second kappa shape index (κ2) is 6.12. The van der Waals surface area contributed by atoms with Crippen molar-refractivity contribution in [1.29, 1.82) is 0 Å². The van der Waals surface area contributed by atoms with Crippen LogP contribution in [0.15, 0.2) is 29.4 Å². The Hall–Kier alpha value is -1.82. The van der Waals surface area contributed by atoms with E-state index in [4.69, 9.17) is 0 Å². The van der Waals surface area contributed by atoms with Gasteiger partial charge in [-0.15, -0.1) is 10.2 Å². The molecule has 0 bridgehead atoms. The van der Waals surface area contributed by atoms with Crippen LogP contribution in [0.3, 0.4) is 0 Å². The summed E-state index contributed by atoms with van der Waals surface area (Å²) in [5, 5.41) is 12.0. The van der Waals surface area contributed by atoms with Crippen LogP contribution in [0.5, 0.6) is 0 Å². The summed E-state index contributed by atoms with van der Waals surface area (Å²) in [5.41, 5.74) is 2.21. The van der Waals surface area contributed by atoms with E-state index in [-0.39, 0.29) is 11.2 Å². The standard InChI is InChI=1S/C16H20N4OS/c1-10-6-4-5-7-14(10)20-12(3)18-19-16(20)22-11(2)15(21)17-13-8-9-13/h4-7,11,13H,8-9H2,1-3H3,(H,17,21)/t11-/m1/s1. The van der Waals surface area contributed by atoms with E-state index in [0.717, 1.165) is 35.1 Å². The molecule has 3 rings (SSSR count). The summed E-state index contributed by atoms with van der Waals surface area (Å²) in [5.74, 6) is 0.899. The lowest BCUT2D eigenvalue weighted by Crippen LogP contribution is -2.32. The molecule has 116 valence electrons. The van der Waals surface area contributed by atoms with Crippen molar-refractivity contribution in [3.63, 3.8) is 0 Å². The molecule has 1 fully saturated rings. The highest BCUT2D eigenvalue weighted by molar-refractivity contribution is 8.00. The lowest BCUT2D eigenvalue weighted by atomic mass is 10.2. The first-order chi connectivity index (χ1) is 10.6. The van der Waals surface area contributed by atoms with Gasteiger partial charge >= 0.3 is 0 Å². The van der Waals surface area contributed by atoms with Gasteiger partial charge in [0.05, 0.1) is 10.9 Å². The van der Waals surface area contributed by atoms with Crippen LogP contribution in [0.4, 0.5) is 0 Å². The highest BCUT2D eigenvalue weighted by Gasteiger charge is 2.27. The van der Waals surface area contributed by atoms with Gasteiger partial charge in [-0.3, -0.25) is 9.36 Å². The van der Waals surface area contributed by atoms with Crippen molar-refractivity contribution in [3.05, 3.63) is 35.7 Å². The fourth-order valence-corrected chi connectivity index (χ4v) is 3.18. The molecule has 1 aliphatic rings. The Balaban J connectivity index is 1.83. The molecule has 0 radical (unpaired) electrons. The van der Waals surface area contributed by atoms with E-state index in [1.54, 1.807) is 0 Å². The van der Waals surface area contributed by atoms with Crippen LogP contribution in [0, 0.1) is 13.8 Å². The molecule has 22 heavy (non-hydrogen) atoms. The molecule has 0 saturated heterocycles. The van der Waals surface area contributed by atoms with Gasteiger partial charge in [0, 0.05) is 6.04 Å². The summed E-state index contributed by atoms with van der Waals surface area (Å²) in [7, 11) is 0. The second-order valence-corrected chi connectivity index (χ2v) is 7.00. The topological polar surface area (TPSA) is 59.8 Å². The Labute approximate surface area is 134 Å². The van der Waals surface area contributed by atoms with Crippen molar-refractivity contribution >= 4 is 17.7 Å².